The molecule has 3 aliphatic rings. The van der Waals surface area contributed by atoms with Gasteiger partial charge >= 0.3 is 0 Å². The van der Waals surface area contributed by atoms with Crippen molar-refractivity contribution in [2.45, 2.75) is 45.0 Å². The molecular formula is C19H27ClN4O3. The van der Waals surface area contributed by atoms with E-state index in [4.69, 9.17) is 16.3 Å². The molecule has 7 nitrogen and oxygen atoms in total. The first-order chi connectivity index (χ1) is 13.0. The molecule has 0 saturated carbocycles. The SMILES string of the molecule is CCCN(CC)C(=O)C1C[C@@H]2O[C@H]1[C@H]1CN(c3ncncc3Cl)C[C@H]1[C@@H]2O. The van der Waals surface area contributed by atoms with Gasteiger partial charge in [0, 0.05) is 38.0 Å². The largest absolute Gasteiger partial charge is 0.390 e. The highest BCUT2D eigenvalue weighted by molar-refractivity contribution is 6.32. The lowest BCUT2D eigenvalue weighted by atomic mass is 9.83. The molecule has 148 valence electrons. The van der Waals surface area contributed by atoms with Crippen molar-refractivity contribution in [1.29, 1.82) is 0 Å². The molecule has 3 fully saturated rings. The van der Waals surface area contributed by atoms with Gasteiger partial charge in [-0.3, -0.25) is 4.79 Å². The number of nitrogens with zero attached hydrogens (tertiary/aromatic N) is 4. The Balaban J connectivity index is 1.56. The van der Waals surface area contributed by atoms with Gasteiger partial charge in [-0.25, -0.2) is 9.97 Å². The first kappa shape index (κ1) is 18.9. The summed E-state index contributed by atoms with van der Waals surface area (Å²) in [6, 6.07) is 0. The smallest absolute Gasteiger partial charge is 0.228 e. The number of rotatable bonds is 5. The average molecular weight is 395 g/mol. The van der Waals surface area contributed by atoms with E-state index in [1.165, 1.54) is 6.33 Å². The number of amides is 1. The van der Waals surface area contributed by atoms with Crippen molar-refractivity contribution in [2.75, 3.05) is 31.1 Å². The molecule has 1 amide bonds. The third-order valence-corrected chi connectivity index (χ3v) is 6.59. The van der Waals surface area contributed by atoms with Crippen molar-refractivity contribution in [3.05, 3.63) is 17.5 Å². The lowest BCUT2D eigenvalue weighted by molar-refractivity contribution is -0.147. The van der Waals surface area contributed by atoms with Crippen LogP contribution in [-0.4, -0.2) is 70.4 Å². The van der Waals surface area contributed by atoms with E-state index in [0.29, 0.717) is 36.9 Å². The topological polar surface area (TPSA) is 78.8 Å². The molecule has 0 spiro atoms. The minimum Gasteiger partial charge on any atom is -0.390 e. The minimum absolute atomic E-state index is 0.0684. The zero-order valence-corrected chi connectivity index (χ0v) is 16.5. The predicted octanol–water partition coefficient (Wildman–Crippen LogP) is 1.59. The number of carbonyl (C=O) groups excluding carboxylic acids is 1. The first-order valence-electron chi connectivity index (χ1n) is 9.87. The van der Waals surface area contributed by atoms with E-state index >= 15 is 0 Å². The molecule has 3 saturated heterocycles. The Morgan fingerprint density at radius 2 is 2.19 bits per heavy atom. The third-order valence-electron chi connectivity index (χ3n) is 6.32. The minimum atomic E-state index is -0.559. The summed E-state index contributed by atoms with van der Waals surface area (Å²) < 4.78 is 6.15. The fourth-order valence-electron chi connectivity index (χ4n) is 5.08. The van der Waals surface area contributed by atoms with Gasteiger partial charge in [-0.2, -0.15) is 0 Å². The molecule has 1 aromatic heterocycles. The van der Waals surface area contributed by atoms with Gasteiger partial charge in [-0.15, -0.1) is 0 Å². The third kappa shape index (κ3) is 3.19. The van der Waals surface area contributed by atoms with Gasteiger partial charge in [0.2, 0.25) is 5.91 Å². The zero-order valence-electron chi connectivity index (χ0n) is 15.8. The summed E-state index contributed by atoms with van der Waals surface area (Å²) in [5.41, 5.74) is 0. The summed E-state index contributed by atoms with van der Waals surface area (Å²) in [6.07, 6.45) is 3.66. The lowest BCUT2D eigenvalue weighted by Crippen LogP contribution is -2.48. The van der Waals surface area contributed by atoms with Crippen LogP contribution in [0.4, 0.5) is 5.82 Å². The molecule has 8 heteroatoms. The second kappa shape index (κ2) is 7.53. The maximum atomic E-state index is 13.1. The van der Waals surface area contributed by atoms with Gasteiger partial charge in [0.05, 0.1) is 30.4 Å². The van der Waals surface area contributed by atoms with Crippen LogP contribution in [0, 0.1) is 17.8 Å². The van der Waals surface area contributed by atoms with Crippen LogP contribution >= 0.6 is 11.6 Å². The Hall–Kier alpha value is -1.44. The van der Waals surface area contributed by atoms with Crippen LogP contribution in [0.1, 0.15) is 26.7 Å². The number of hydrogen-bond acceptors (Lipinski definition) is 6. The van der Waals surface area contributed by atoms with Crippen molar-refractivity contribution in [2.24, 2.45) is 17.8 Å². The summed E-state index contributed by atoms with van der Waals surface area (Å²) in [7, 11) is 0. The molecule has 0 aliphatic carbocycles. The molecule has 3 aliphatic heterocycles. The predicted molar refractivity (Wildman–Crippen MR) is 102 cm³/mol. The van der Waals surface area contributed by atoms with Gasteiger partial charge in [0.1, 0.15) is 11.3 Å². The van der Waals surface area contributed by atoms with Gasteiger partial charge in [-0.1, -0.05) is 18.5 Å². The Morgan fingerprint density at radius 1 is 1.41 bits per heavy atom. The molecule has 1 N–H and O–H groups in total. The summed E-state index contributed by atoms with van der Waals surface area (Å²) >= 11 is 6.27. The summed E-state index contributed by atoms with van der Waals surface area (Å²) in [5.74, 6) is 0.844. The van der Waals surface area contributed by atoms with Crippen LogP contribution in [0.3, 0.4) is 0 Å². The van der Waals surface area contributed by atoms with Crippen LogP contribution in [0.15, 0.2) is 12.5 Å². The Kier molecular flexibility index (Phi) is 5.27. The molecule has 0 radical (unpaired) electrons. The van der Waals surface area contributed by atoms with Crippen molar-refractivity contribution >= 4 is 23.3 Å². The van der Waals surface area contributed by atoms with Gasteiger partial charge in [0.15, 0.2) is 5.82 Å². The molecule has 4 heterocycles. The quantitative estimate of drug-likeness (QED) is 0.817. The number of hydrogen-bond donors (Lipinski definition) is 1. The molecule has 0 aromatic carbocycles. The Bertz CT molecular complexity index is 705. The van der Waals surface area contributed by atoms with Gasteiger partial charge < -0.3 is 19.6 Å². The normalized spacial score (nSPS) is 34.6. The van der Waals surface area contributed by atoms with Crippen molar-refractivity contribution in [3.63, 3.8) is 0 Å². The number of halogens is 1. The molecule has 4 rings (SSSR count). The van der Waals surface area contributed by atoms with E-state index in [1.807, 2.05) is 11.8 Å². The lowest BCUT2D eigenvalue weighted by Gasteiger charge is -2.36. The summed E-state index contributed by atoms with van der Waals surface area (Å²) in [6.45, 7) is 6.93. The van der Waals surface area contributed by atoms with Crippen LogP contribution < -0.4 is 4.90 Å². The molecule has 6 atom stereocenters. The van der Waals surface area contributed by atoms with E-state index in [-0.39, 0.29) is 35.9 Å². The molecule has 1 aromatic rings. The van der Waals surface area contributed by atoms with Gasteiger partial charge in [-0.05, 0) is 19.8 Å². The number of ether oxygens (including phenoxy) is 1. The molecular weight excluding hydrogens is 368 g/mol. The van der Waals surface area contributed by atoms with Crippen LogP contribution in [0.25, 0.3) is 0 Å². The second-order valence-electron chi connectivity index (χ2n) is 7.82. The number of anilines is 1. The van der Waals surface area contributed by atoms with E-state index < -0.39 is 6.10 Å². The highest BCUT2D eigenvalue weighted by Gasteiger charge is 2.58. The molecule has 27 heavy (non-hydrogen) atoms. The van der Waals surface area contributed by atoms with Crippen LogP contribution in [0.5, 0.6) is 0 Å². The van der Waals surface area contributed by atoms with E-state index in [1.54, 1.807) is 6.20 Å². The Morgan fingerprint density at radius 3 is 2.89 bits per heavy atom. The standard InChI is InChI=1S/C19H27ClN4O3/c1-3-5-23(4-2)19(26)11-6-15-16(25)12-8-24(9-13(12)17(11)27-15)18-14(20)7-21-10-22-18/h7,10-13,15-17,25H,3-6,8-9H2,1-2H3/t11?,12-,13+,15+,16+,17-/m1/s1. The van der Waals surface area contributed by atoms with Crippen molar-refractivity contribution < 1.29 is 14.6 Å². The maximum Gasteiger partial charge on any atom is 0.228 e. The van der Waals surface area contributed by atoms with E-state index in [0.717, 1.165) is 13.0 Å². The van der Waals surface area contributed by atoms with Crippen LogP contribution in [0.2, 0.25) is 5.02 Å². The number of aromatic nitrogens is 2. The zero-order chi connectivity index (χ0) is 19.1. The van der Waals surface area contributed by atoms with Crippen LogP contribution in [-0.2, 0) is 9.53 Å². The molecule has 2 bridgehead atoms. The number of aliphatic hydroxyl groups excluding tert-OH is 1. The number of carbonyl (C=O) groups is 1. The second-order valence-corrected chi connectivity index (χ2v) is 8.22. The highest BCUT2D eigenvalue weighted by Crippen LogP contribution is 2.48. The fourth-order valence-corrected chi connectivity index (χ4v) is 5.30. The Labute approximate surface area is 164 Å². The molecule has 1 unspecified atom stereocenters. The van der Waals surface area contributed by atoms with Crippen molar-refractivity contribution in [1.82, 2.24) is 14.9 Å². The van der Waals surface area contributed by atoms with E-state index in [2.05, 4.69) is 21.8 Å². The summed E-state index contributed by atoms with van der Waals surface area (Å²) in [5, 5.41) is 11.4. The maximum absolute atomic E-state index is 13.1. The highest BCUT2D eigenvalue weighted by atomic mass is 35.5. The summed E-state index contributed by atoms with van der Waals surface area (Å²) in [4.78, 5) is 25.4. The number of fused-ring (bicyclic) bond motifs is 4. The fraction of sp³-hybridized carbons (Fsp3) is 0.737. The first-order valence-corrected chi connectivity index (χ1v) is 10.3. The average Bonchev–Trinajstić information content (AvgIpc) is 3.28. The number of aliphatic hydroxyl groups is 1. The van der Waals surface area contributed by atoms with E-state index in [9.17, 15) is 9.90 Å². The van der Waals surface area contributed by atoms with Gasteiger partial charge in [0.25, 0.3) is 0 Å². The van der Waals surface area contributed by atoms with Crippen molar-refractivity contribution in [3.8, 4) is 0 Å². The monoisotopic (exact) mass is 394 g/mol.